The van der Waals surface area contributed by atoms with Crippen LogP contribution in [-0.2, 0) is 0 Å². The first-order valence-corrected chi connectivity index (χ1v) is 8.17. The predicted molar refractivity (Wildman–Crippen MR) is 99.7 cm³/mol. The summed E-state index contributed by atoms with van der Waals surface area (Å²) in [4.78, 5) is 0. The lowest BCUT2D eigenvalue weighted by Crippen LogP contribution is -2.33. The van der Waals surface area contributed by atoms with Gasteiger partial charge in [-0.2, -0.15) is 0 Å². The van der Waals surface area contributed by atoms with Crippen molar-refractivity contribution in [3.63, 3.8) is 0 Å². The van der Waals surface area contributed by atoms with E-state index in [0.717, 1.165) is 0 Å². The van der Waals surface area contributed by atoms with Crippen LogP contribution in [0.1, 0.15) is 18.0 Å². The Bertz CT molecular complexity index is 755. The van der Waals surface area contributed by atoms with Crippen molar-refractivity contribution in [2.75, 3.05) is 17.6 Å². The monoisotopic (exact) mass is 384 g/mol. The maximum atomic E-state index is 12.4. The van der Waals surface area contributed by atoms with Crippen LogP contribution in [0.5, 0.6) is 5.75 Å². The third-order valence-corrected chi connectivity index (χ3v) is 3.68. The summed E-state index contributed by atoms with van der Waals surface area (Å²) < 4.78 is 41.2. The molecule has 0 aliphatic carbocycles. The fourth-order valence-corrected chi connectivity index (χ4v) is 2.60. The number of hydrogen-bond donors (Lipinski definition) is 4. The number of nitrogen functional groups attached to an aromatic ring is 1. The van der Waals surface area contributed by atoms with Gasteiger partial charge in [-0.05, 0) is 55.0 Å². The lowest BCUT2D eigenvalue weighted by atomic mass is 10.0. The average Bonchev–Trinajstić information content (AvgIpc) is 2.55. The van der Waals surface area contributed by atoms with Gasteiger partial charge in [0.1, 0.15) is 5.75 Å². The van der Waals surface area contributed by atoms with Gasteiger partial charge in [0.25, 0.3) is 0 Å². The van der Waals surface area contributed by atoms with E-state index < -0.39 is 6.36 Å². The Kier molecular flexibility index (Phi) is 6.64. The Balaban J connectivity index is 2.12. The van der Waals surface area contributed by atoms with Gasteiger partial charge in [0.05, 0.1) is 17.4 Å². The summed E-state index contributed by atoms with van der Waals surface area (Å²) in [6.07, 6.45) is -4.29. The van der Waals surface area contributed by atoms with Crippen LogP contribution in [0.25, 0.3) is 0 Å². The zero-order valence-electron chi connectivity index (χ0n) is 13.7. The molecule has 1 atom stereocenters. The lowest BCUT2D eigenvalue weighted by molar-refractivity contribution is -0.274. The van der Waals surface area contributed by atoms with E-state index >= 15 is 0 Å². The van der Waals surface area contributed by atoms with Gasteiger partial charge in [0.2, 0.25) is 0 Å². The molecule has 26 heavy (non-hydrogen) atoms. The number of rotatable bonds is 6. The second-order valence-corrected chi connectivity index (χ2v) is 5.84. The topological polar surface area (TPSA) is 85.3 Å². The molecule has 6 N–H and O–H groups in total. The molecule has 2 rings (SSSR count). The second-order valence-electron chi connectivity index (χ2n) is 5.44. The molecule has 1 unspecified atom stereocenters. The van der Waals surface area contributed by atoms with Crippen molar-refractivity contribution in [2.24, 2.45) is 5.73 Å². The number of nitrogens with one attached hydrogen (secondary N) is 2. The van der Waals surface area contributed by atoms with E-state index in [2.05, 4.69) is 15.4 Å². The maximum absolute atomic E-state index is 12.4. The first kappa shape index (κ1) is 19.8. The van der Waals surface area contributed by atoms with Gasteiger partial charge in [0, 0.05) is 0 Å². The largest absolute Gasteiger partial charge is 0.573 e. The molecule has 0 saturated heterocycles. The Morgan fingerprint density at radius 1 is 1.15 bits per heavy atom. The number of ether oxygens (including phenoxy) is 1. The van der Waals surface area contributed by atoms with Crippen molar-refractivity contribution in [1.29, 1.82) is 0 Å². The molecule has 0 fully saturated rings. The van der Waals surface area contributed by atoms with Gasteiger partial charge in [-0.1, -0.05) is 24.3 Å². The maximum Gasteiger partial charge on any atom is 0.573 e. The SMILES string of the molecule is NCCC(NC(=S)Nc1ccccc1N)c1cccc(OC(F)(F)F)c1. The molecule has 0 spiro atoms. The second kappa shape index (κ2) is 8.72. The highest BCUT2D eigenvalue weighted by Gasteiger charge is 2.31. The standard InChI is InChI=1S/C17H19F3N4OS/c18-17(19,20)25-12-5-3-4-11(10-12)14(8-9-21)23-16(26)24-15-7-2-1-6-13(15)22/h1-7,10,14H,8-9,21-22H2,(H2,23,24,26). The van der Waals surface area contributed by atoms with Crippen LogP contribution >= 0.6 is 12.2 Å². The highest BCUT2D eigenvalue weighted by molar-refractivity contribution is 7.80. The van der Waals surface area contributed by atoms with Crippen LogP contribution in [-0.4, -0.2) is 18.0 Å². The van der Waals surface area contributed by atoms with Crippen LogP contribution in [0.3, 0.4) is 0 Å². The quantitative estimate of drug-likeness (QED) is 0.450. The molecular weight excluding hydrogens is 365 g/mol. The highest BCUT2D eigenvalue weighted by atomic mass is 32.1. The van der Waals surface area contributed by atoms with Crippen molar-refractivity contribution in [3.05, 3.63) is 54.1 Å². The third-order valence-electron chi connectivity index (χ3n) is 3.46. The van der Waals surface area contributed by atoms with Crippen molar-refractivity contribution >= 4 is 28.7 Å². The van der Waals surface area contributed by atoms with Crippen LogP contribution in [0.4, 0.5) is 24.5 Å². The summed E-state index contributed by atoms with van der Waals surface area (Å²) >= 11 is 5.28. The fraction of sp³-hybridized carbons (Fsp3) is 0.235. The Labute approximate surface area is 154 Å². The molecular formula is C17H19F3N4OS. The predicted octanol–water partition coefficient (Wildman–Crippen LogP) is 3.54. The molecule has 0 aliphatic rings. The molecule has 0 heterocycles. The van der Waals surface area contributed by atoms with E-state index in [1.54, 1.807) is 30.3 Å². The van der Waals surface area contributed by atoms with Crippen LogP contribution < -0.4 is 26.8 Å². The molecule has 0 aromatic heterocycles. The molecule has 0 aliphatic heterocycles. The summed E-state index contributed by atoms with van der Waals surface area (Å²) in [5.41, 5.74) is 13.2. The smallest absolute Gasteiger partial charge is 0.406 e. The molecule has 0 amide bonds. The number of benzene rings is 2. The van der Waals surface area contributed by atoms with Crippen molar-refractivity contribution in [1.82, 2.24) is 5.32 Å². The molecule has 0 radical (unpaired) electrons. The molecule has 0 saturated carbocycles. The third kappa shape index (κ3) is 6.08. The zero-order valence-corrected chi connectivity index (χ0v) is 14.5. The van der Waals surface area contributed by atoms with Crippen molar-refractivity contribution in [3.8, 4) is 5.75 Å². The van der Waals surface area contributed by atoms with Crippen LogP contribution in [0.2, 0.25) is 0 Å². The number of hydrogen-bond acceptors (Lipinski definition) is 4. The van der Waals surface area contributed by atoms with E-state index in [0.29, 0.717) is 29.9 Å². The molecule has 9 heteroatoms. The van der Waals surface area contributed by atoms with Crippen LogP contribution in [0, 0.1) is 0 Å². The van der Waals surface area contributed by atoms with Crippen LogP contribution in [0.15, 0.2) is 48.5 Å². The number of anilines is 2. The summed E-state index contributed by atoms with van der Waals surface area (Å²) in [6, 6.07) is 12.4. The van der Waals surface area contributed by atoms with E-state index in [1.165, 1.54) is 18.2 Å². The number of halogens is 3. The van der Waals surface area contributed by atoms with Crippen molar-refractivity contribution < 1.29 is 17.9 Å². The van der Waals surface area contributed by atoms with Gasteiger partial charge >= 0.3 is 6.36 Å². The normalized spacial score (nSPS) is 12.3. The van der Waals surface area contributed by atoms with Gasteiger partial charge in [0.15, 0.2) is 5.11 Å². The first-order valence-electron chi connectivity index (χ1n) is 7.76. The van der Waals surface area contributed by atoms with E-state index in [1.807, 2.05) is 0 Å². The summed E-state index contributed by atoms with van der Waals surface area (Å²) in [5.74, 6) is -0.301. The minimum Gasteiger partial charge on any atom is -0.406 e. The Hall–Kier alpha value is -2.52. The van der Waals surface area contributed by atoms with Gasteiger partial charge < -0.3 is 26.8 Å². The molecule has 5 nitrogen and oxygen atoms in total. The first-order chi connectivity index (χ1) is 12.3. The zero-order chi connectivity index (χ0) is 19.2. The molecule has 0 bridgehead atoms. The molecule has 2 aromatic carbocycles. The summed E-state index contributed by atoms with van der Waals surface area (Å²) in [7, 11) is 0. The van der Waals surface area contributed by atoms with E-state index in [-0.39, 0.29) is 16.9 Å². The average molecular weight is 384 g/mol. The summed E-state index contributed by atoms with van der Waals surface area (Å²) in [6.45, 7) is 0.318. The summed E-state index contributed by atoms with van der Waals surface area (Å²) in [5, 5.41) is 6.29. The number of alkyl halides is 3. The number of para-hydroxylation sites is 2. The number of thiocarbonyl (C=S) groups is 1. The molecule has 2 aromatic rings. The highest BCUT2D eigenvalue weighted by Crippen LogP contribution is 2.27. The number of nitrogens with two attached hydrogens (primary N) is 2. The van der Waals surface area contributed by atoms with Gasteiger partial charge in [-0.25, -0.2) is 0 Å². The van der Waals surface area contributed by atoms with Gasteiger partial charge in [-0.15, -0.1) is 13.2 Å². The molecule has 140 valence electrons. The lowest BCUT2D eigenvalue weighted by Gasteiger charge is -2.22. The van der Waals surface area contributed by atoms with Crippen molar-refractivity contribution in [2.45, 2.75) is 18.8 Å². The Morgan fingerprint density at radius 3 is 2.54 bits per heavy atom. The minimum atomic E-state index is -4.75. The minimum absolute atomic E-state index is 0.281. The van der Waals surface area contributed by atoms with Gasteiger partial charge in [-0.3, -0.25) is 0 Å². The Morgan fingerprint density at radius 2 is 1.88 bits per heavy atom. The van der Waals surface area contributed by atoms with E-state index in [9.17, 15) is 13.2 Å². The fourth-order valence-electron chi connectivity index (χ4n) is 2.34. The van der Waals surface area contributed by atoms with E-state index in [4.69, 9.17) is 23.7 Å².